The predicted octanol–water partition coefficient (Wildman–Crippen LogP) is 1.56. The molecule has 0 saturated carbocycles. The Bertz CT molecular complexity index is 772. The number of rotatable bonds is 5. The zero-order valence-electron chi connectivity index (χ0n) is 13.7. The zero-order chi connectivity index (χ0) is 17.2. The van der Waals surface area contributed by atoms with Crippen molar-refractivity contribution < 1.29 is 17.7 Å². The topological polar surface area (TPSA) is 98.4 Å². The number of ether oxygens (including phenoxy) is 1. The summed E-state index contributed by atoms with van der Waals surface area (Å²) in [4.78, 5) is 8.19. The number of aromatic nitrogens is 3. The van der Waals surface area contributed by atoms with Gasteiger partial charge in [-0.2, -0.15) is 4.31 Å². The smallest absolute Gasteiger partial charge is 0.316 e. The average Bonchev–Trinajstić information content (AvgIpc) is 2.93. The molecule has 0 aromatic carbocycles. The van der Waals surface area contributed by atoms with Crippen LogP contribution in [-0.4, -0.2) is 47.5 Å². The van der Waals surface area contributed by atoms with Crippen LogP contribution in [0.2, 0.25) is 0 Å². The highest BCUT2D eigenvalue weighted by Gasteiger charge is 2.34. The first-order chi connectivity index (χ1) is 11.5. The number of hydrogen-bond donors (Lipinski definition) is 0. The van der Waals surface area contributed by atoms with E-state index in [1.165, 1.54) is 4.31 Å². The Morgan fingerprint density at radius 2 is 2.08 bits per heavy atom. The van der Waals surface area contributed by atoms with Gasteiger partial charge >= 0.3 is 6.01 Å². The summed E-state index contributed by atoms with van der Waals surface area (Å²) in [6.45, 7) is 4.53. The maximum absolute atomic E-state index is 12.9. The zero-order valence-corrected chi connectivity index (χ0v) is 14.5. The van der Waals surface area contributed by atoms with Gasteiger partial charge in [-0.15, -0.1) is 0 Å². The van der Waals surface area contributed by atoms with E-state index in [9.17, 15) is 8.42 Å². The summed E-state index contributed by atoms with van der Waals surface area (Å²) in [6.07, 6.45) is 4.90. The Morgan fingerprint density at radius 1 is 1.33 bits per heavy atom. The second kappa shape index (κ2) is 6.86. The minimum Gasteiger partial charge on any atom is -0.463 e. The van der Waals surface area contributed by atoms with Crippen LogP contribution in [-0.2, 0) is 10.0 Å². The monoisotopic (exact) mass is 352 g/mol. The Balaban J connectivity index is 1.69. The summed E-state index contributed by atoms with van der Waals surface area (Å²) in [7, 11) is -3.61. The quantitative estimate of drug-likeness (QED) is 0.805. The van der Waals surface area contributed by atoms with Crippen molar-refractivity contribution in [2.24, 2.45) is 5.92 Å². The first kappa shape index (κ1) is 16.8. The van der Waals surface area contributed by atoms with E-state index < -0.39 is 10.0 Å². The van der Waals surface area contributed by atoms with Crippen molar-refractivity contribution in [1.29, 1.82) is 0 Å². The van der Waals surface area contributed by atoms with Crippen molar-refractivity contribution in [2.45, 2.75) is 31.6 Å². The van der Waals surface area contributed by atoms with Crippen LogP contribution in [0.1, 0.15) is 24.3 Å². The minimum atomic E-state index is -3.61. The van der Waals surface area contributed by atoms with Crippen molar-refractivity contribution in [3.05, 3.63) is 29.9 Å². The maximum Gasteiger partial charge on any atom is 0.316 e. The molecule has 1 unspecified atom stereocenters. The molecular weight excluding hydrogens is 332 g/mol. The molecule has 1 aliphatic rings. The summed E-state index contributed by atoms with van der Waals surface area (Å²) < 4.78 is 37.8. The minimum absolute atomic E-state index is 0.0952. The molecule has 0 spiro atoms. The molecular formula is C15H20N4O4S. The van der Waals surface area contributed by atoms with Gasteiger partial charge in [0.2, 0.25) is 10.0 Å². The summed E-state index contributed by atoms with van der Waals surface area (Å²) >= 11 is 0. The van der Waals surface area contributed by atoms with Crippen LogP contribution in [0.4, 0.5) is 0 Å². The van der Waals surface area contributed by atoms with E-state index in [4.69, 9.17) is 9.26 Å². The molecule has 1 aliphatic heterocycles. The standard InChI is InChI=1S/C15H20N4O4S/c1-11-14(12(2)23-18-11)24(20,21)19-8-3-5-13(9-19)10-22-15-16-6-4-7-17-15/h4,6-7,13H,3,5,8-10H2,1-2H3. The Kier molecular flexibility index (Phi) is 4.81. The third-order valence-corrected chi connectivity index (χ3v) is 6.15. The molecule has 8 nitrogen and oxygen atoms in total. The highest BCUT2D eigenvalue weighted by atomic mass is 32.2. The van der Waals surface area contributed by atoms with E-state index in [0.717, 1.165) is 12.8 Å². The van der Waals surface area contributed by atoms with Crippen molar-refractivity contribution in [3.63, 3.8) is 0 Å². The van der Waals surface area contributed by atoms with Crippen molar-refractivity contribution >= 4 is 10.0 Å². The molecule has 0 bridgehead atoms. The fourth-order valence-electron chi connectivity index (χ4n) is 2.91. The predicted molar refractivity (Wildman–Crippen MR) is 85.0 cm³/mol. The molecule has 1 saturated heterocycles. The van der Waals surface area contributed by atoms with Gasteiger partial charge in [0, 0.05) is 31.4 Å². The molecule has 1 atom stereocenters. The molecule has 0 N–H and O–H groups in total. The molecule has 0 aliphatic carbocycles. The molecule has 0 amide bonds. The van der Waals surface area contributed by atoms with E-state index in [1.807, 2.05) is 0 Å². The lowest BCUT2D eigenvalue weighted by Gasteiger charge is -2.31. The summed E-state index contributed by atoms with van der Waals surface area (Å²) in [5, 5.41) is 3.75. The van der Waals surface area contributed by atoms with Crippen molar-refractivity contribution in [1.82, 2.24) is 19.4 Å². The second-order valence-corrected chi connectivity index (χ2v) is 7.74. The largest absolute Gasteiger partial charge is 0.463 e. The lowest BCUT2D eigenvalue weighted by atomic mass is 10.0. The first-order valence-corrected chi connectivity index (χ1v) is 9.25. The molecule has 3 heterocycles. The number of nitrogens with zero attached hydrogens (tertiary/aromatic N) is 4. The lowest BCUT2D eigenvalue weighted by molar-refractivity contribution is 0.171. The highest BCUT2D eigenvalue weighted by molar-refractivity contribution is 7.89. The third kappa shape index (κ3) is 3.41. The van der Waals surface area contributed by atoms with Gasteiger partial charge in [-0.3, -0.25) is 0 Å². The SMILES string of the molecule is Cc1noc(C)c1S(=O)(=O)N1CCCC(COc2ncccn2)C1. The number of piperidine rings is 1. The fourth-order valence-corrected chi connectivity index (χ4v) is 4.75. The molecule has 0 radical (unpaired) electrons. The van der Waals surface area contributed by atoms with Gasteiger partial charge in [0.15, 0.2) is 5.76 Å². The molecule has 24 heavy (non-hydrogen) atoms. The maximum atomic E-state index is 12.9. The molecule has 2 aromatic rings. The van der Waals surface area contributed by atoms with Crippen LogP contribution in [0.3, 0.4) is 0 Å². The third-order valence-electron chi connectivity index (χ3n) is 4.04. The Labute approximate surface area is 140 Å². The molecule has 3 rings (SSSR count). The summed E-state index contributed by atoms with van der Waals surface area (Å²) in [6, 6.07) is 2.02. The van der Waals surface area contributed by atoms with E-state index in [1.54, 1.807) is 32.3 Å². The van der Waals surface area contributed by atoms with Gasteiger partial charge in [0.25, 0.3) is 0 Å². The van der Waals surface area contributed by atoms with Gasteiger partial charge < -0.3 is 9.26 Å². The molecule has 9 heteroatoms. The number of hydrogen-bond acceptors (Lipinski definition) is 7. The average molecular weight is 352 g/mol. The highest BCUT2D eigenvalue weighted by Crippen LogP contribution is 2.27. The summed E-state index contributed by atoms with van der Waals surface area (Å²) in [5.41, 5.74) is 0.392. The lowest BCUT2D eigenvalue weighted by Crippen LogP contribution is -2.41. The Morgan fingerprint density at radius 3 is 2.75 bits per heavy atom. The fraction of sp³-hybridized carbons (Fsp3) is 0.533. The van der Waals surface area contributed by atoms with Crippen LogP contribution >= 0.6 is 0 Å². The van der Waals surface area contributed by atoms with Crippen LogP contribution in [0.5, 0.6) is 6.01 Å². The van der Waals surface area contributed by atoms with Crippen LogP contribution < -0.4 is 4.74 Å². The van der Waals surface area contributed by atoms with Crippen LogP contribution in [0.15, 0.2) is 27.9 Å². The molecule has 130 valence electrons. The Hall–Kier alpha value is -2.00. The van der Waals surface area contributed by atoms with Gasteiger partial charge in [0.1, 0.15) is 10.6 Å². The van der Waals surface area contributed by atoms with Gasteiger partial charge in [-0.1, -0.05) is 5.16 Å². The van der Waals surface area contributed by atoms with Crippen molar-refractivity contribution in [3.8, 4) is 6.01 Å². The summed E-state index contributed by atoms with van der Waals surface area (Å²) in [5.74, 6) is 0.418. The van der Waals surface area contributed by atoms with Crippen LogP contribution in [0, 0.1) is 19.8 Å². The first-order valence-electron chi connectivity index (χ1n) is 7.81. The van der Waals surface area contributed by atoms with E-state index in [2.05, 4.69) is 15.1 Å². The van der Waals surface area contributed by atoms with Crippen LogP contribution in [0.25, 0.3) is 0 Å². The van der Waals surface area contributed by atoms with Gasteiger partial charge in [0.05, 0.1) is 6.61 Å². The van der Waals surface area contributed by atoms with Gasteiger partial charge in [-0.05, 0) is 32.8 Å². The molecule has 2 aromatic heterocycles. The van der Waals surface area contributed by atoms with Gasteiger partial charge in [-0.25, -0.2) is 18.4 Å². The number of sulfonamides is 1. The van der Waals surface area contributed by atoms with E-state index in [0.29, 0.717) is 37.2 Å². The number of aryl methyl sites for hydroxylation is 2. The van der Waals surface area contributed by atoms with E-state index >= 15 is 0 Å². The normalized spacial score (nSPS) is 19.3. The molecule has 1 fully saturated rings. The second-order valence-electron chi connectivity index (χ2n) is 5.87. The van der Waals surface area contributed by atoms with E-state index in [-0.39, 0.29) is 10.8 Å². The van der Waals surface area contributed by atoms with Crippen molar-refractivity contribution in [2.75, 3.05) is 19.7 Å².